The second-order valence-corrected chi connectivity index (χ2v) is 6.05. The lowest BCUT2D eigenvalue weighted by Gasteiger charge is -2.10. The molecule has 0 spiro atoms. The van der Waals surface area contributed by atoms with Crippen molar-refractivity contribution in [3.05, 3.63) is 41.6 Å². The van der Waals surface area contributed by atoms with Gasteiger partial charge in [-0.3, -0.25) is 9.89 Å². The summed E-state index contributed by atoms with van der Waals surface area (Å²) in [4.78, 5) is 12.4. The van der Waals surface area contributed by atoms with Crippen LogP contribution in [0.4, 0.5) is 5.82 Å². The molecule has 1 aliphatic carbocycles. The predicted molar refractivity (Wildman–Crippen MR) is 90.0 cm³/mol. The topological polar surface area (TPSA) is 67.0 Å². The molecule has 0 unspecified atom stereocenters. The quantitative estimate of drug-likeness (QED) is 0.835. The first-order valence-corrected chi connectivity index (χ1v) is 8.27. The van der Waals surface area contributed by atoms with E-state index in [0.29, 0.717) is 23.0 Å². The summed E-state index contributed by atoms with van der Waals surface area (Å²) in [5.41, 5.74) is 1.64. The van der Waals surface area contributed by atoms with Crippen LogP contribution in [-0.4, -0.2) is 23.2 Å². The first-order valence-electron chi connectivity index (χ1n) is 8.27. The van der Waals surface area contributed by atoms with Crippen molar-refractivity contribution in [2.24, 2.45) is 0 Å². The molecule has 2 N–H and O–H groups in total. The van der Waals surface area contributed by atoms with Gasteiger partial charge in [-0.15, -0.1) is 0 Å². The summed E-state index contributed by atoms with van der Waals surface area (Å²) in [6.07, 6.45) is 7.58. The maximum absolute atomic E-state index is 12.4. The number of nitrogens with one attached hydrogen (secondary N) is 2. The Morgan fingerprint density at radius 3 is 2.70 bits per heavy atom. The monoisotopic (exact) mass is 313 g/mol. The van der Waals surface area contributed by atoms with Gasteiger partial charge in [0.1, 0.15) is 5.75 Å². The molecule has 1 saturated carbocycles. The molecule has 23 heavy (non-hydrogen) atoms. The molecule has 1 aromatic heterocycles. The first-order chi connectivity index (χ1) is 11.3. The summed E-state index contributed by atoms with van der Waals surface area (Å²) in [5.74, 6) is 1.45. The molecule has 5 heteroatoms. The summed E-state index contributed by atoms with van der Waals surface area (Å²) < 4.78 is 5.23. The lowest BCUT2D eigenvalue weighted by Crippen LogP contribution is -2.13. The van der Waals surface area contributed by atoms with Gasteiger partial charge in [-0.05, 0) is 25.0 Å². The van der Waals surface area contributed by atoms with Crippen molar-refractivity contribution in [3.63, 3.8) is 0 Å². The van der Waals surface area contributed by atoms with E-state index in [1.54, 1.807) is 19.2 Å². The molecule has 1 fully saturated rings. The van der Waals surface area contributed by atoms with Crippen molar-refractivity contribution in [2.75, 3.05) is 12.4 Å². The van der Waals surface area contributed by atoms with E-state index >= 15 is 0 Å². The number of para-hydroxylation sites is 1. The van der Waals surface area contributed by atoms with Crippen molar-refractivity contribution >= 4 is 11.7 Å². The number of aromatic nitrogens is 2. The van der Waals surface area contributed by atoms with Crippen molar-refractivity contribution in [1.82, 2.24) is 10.2 Å². The number of hydrogen-bond acceptors (Lipinski definition) is 3. The fraction of sp³-hybridized carbons (Fsp3) is 0.444. The van der Waals surface area contributed by atoms with Gasteiger partial charge < -0.3 is 10.1 Å². The minimum atomic E-state index is -0.207. The Balaban J connectivity index is 1.70. The largest absolute Gasteiger partial charge is 0.496 e. The van der Waals surface area contributed by atoms with Crippen LogP contribution in [0.3, 0.4) is 0 Å². The molecule has 0 atom stereocenters. The maximum atomic E-state index is 12.4. The third kappa shape index (κ3) is 3.73. The Hall–Kier alpha value is -2.30. The molecule has 1 amide bonds. The molecule has 0 aliphatic heterocycles. The average Bonchev–Trinajstić information content (AvgIpc) is 2.87. The maximum Gasteiger partial charge on any atom is 0.260 e. The van der Waals surface area contributed by atoms with E-state index in [-0.39, 0.29) is 5.91 Å². The van der Waals surface area contributed by atoms with Crippen LogP contribution in [0.15, 0.2) is 30.3 Å². The Morgan fingerprint density at radius 1 is 1.22 bits per heavy atom. The molecule has 0 bridgehead atoms. The summed E-state index contributed by atoms with van der Waals surface area (Å²) in [6, 6.07) is 9.14. The third-order valence-corrected chi connectivity index (χ3v) is 4.49. The third-order valence-electron chi connectivity index (χ3n) is 4.49. The second-order valence-electron chi connectivity index (χ2n) is 6.05. The number of H-pyrrole nitrogens is 1. The number of anilines is 1. The van der Waals surface area contributed by atoms with Crippen LogP contribution in [-0.2, 0) is 0 Å². The number of aromatic amines is 1. The lowest BCUT2D eigenvalue weighted by atomic mass is 9.97. The molecule has 1 heterocycles. The number of benzene rings is 1. The highest BCUT2D eigenvalue weighted by molar-refractivity contribution is 6.05. The molecule has 1 aliphatic rings. The standard InChI is InChI=1S/C18H23N3O2/c1-23-16-11-7-6-10-14(16)18(22)19-17-12-15(20-21-17)13-8-4-2-3-5-9-13/h6-7,10-13H,2-5,8-9H2,1H3,(H2,19,20,21,22). The number of methoxy groups -OCH3 is 1. The number of nitrogens with zero attached hydrogens (tertiary/aromatic N) is 1. The summed E-state index contributed by atoms with van der Waals surface area (Å²) >= 11 is 0. The minimum absolute atomic E-state index is 0.207. The Labute approximate surface area is 136 Å². The van der Waals surface area contributed by atoms with Crippen LogP contribution >= 0.6 is 0 Å². The minimum Gasteiger partial charge on any atom is -0.496 e. The first kappa shape index (κ1) is 15.6. The van der Waals surface area contributed by atoms with Crippen molar-refractivity contribution in [2.45, 2.75) is 44.4 Å². The molecule has 0 radical (unpaired) electrons. The van der Waals surface area contributed by atoms with Crippen molar-refractivity contribution in [1.29, 1.82) is 0 Å². The predicted octanol–water partition coefficient (Wildman–Crippen LogP) is 4.11. The average molecular weight is 313 g/mol. The van der Waals surface area contributed by atoms with Crippen LogP contribution in [0.25, 0.3) is 0 Å². The van der Waals surface area contributed by atoms with Gasteiger partial charge in [0.15, 0.2) is 5.82 Å². The smallest absolute Gasteiger partial charge is 0.260 e. The summed E-state index contributed by atoms with van der Waals surface area (Å²) in [7, 11) is 1.56. The number of hydrogen-bond donors (Lipinski definition) is 2. The normalized spacial score (nSPS) is 15.9. The number of ether oxygens (including phenoxy) is 1. The van der Waals surface area contributed by atoms with Crippen LogP contribution in [0.1, 0.15) is 60.5 Å². The van der Waals surface area contributed by atoms with Gasteiger partial charge in [0, 0.05) is 17.7 Å². The van der Waals surface area contributed by atoms with Crippen LogP contribution in [0.5, 0.6) is 5.75 Å². The molecule has 1 aromatic carbocycles. The molecule has 3 rings (SSSR count). The number of carbonyl (C=O) groups excluding carboxylic acids is 1. The van der Waals surface area contributed by atoms with E-state index in [9.17, 15) is 4.79 Å². The van der Waals surface area contributed by atoms with Crippen LogP contribution in [0, 0.1) is 0 Å². The van der Waals surface area contributed by atoms with Gasteiger partial charge in [0.25, 0.3) is 5.91 Å². The Kier molecular flexibility index (Phi) is 4.95. The molecular formula is C18H23N3O2. The van der Waals surface area contributed by atoms with E-state index in [0.717, 1.165) is 5.69 Å². The number of carbonyl (C=O) groups is 1. The van der Waals surface area contributed by atoms with Gasteiger partial charge in [0.2, 0.25) is 0 Å². The molecular weight excluding hydrogens is 290 g/mol. The van der Waals surface area contributed by atoms with E-state index in [1.807, 2.05) is 18.2 Å². The highest BCUT2D eigenvalue weighted by Gasteiger charge is 2.18. The van der Waals surface area contributed by atoms with E-state index in [1.165, 1.54) is 38.5 Å². The summed E-state index contributed by atoms with van der Waals surface area (Å²) in [5, 5.41) is 10.2. The zero-order valence-corrected chi connectivity index (χ0v) is 13.5. The van der Waals surface area contributed by atoms with Gasteiger partial charge in [-0.2, -0.15) is 5.10 Å². The highest BCUT2D eigenvalue weighted by Crippen LogP contribution is 2.31. The van der Waals surface area contributed by atoms with E-state index in [2.05, 4.69) is 15.5 Å². The van der Waals surface area contributed by atoms with Gasteiger partial charge in [-0.1, -0.05) is 37.8 Å². The molecule has 5 nitrogen and oxygen atoms in total. The number of amides is 1. The number of rotatable bonds is 4. The second kappa shape index (κ2) is 7.31. The van der Waals surface area contributed by atoms with Crippen LogP contribution in [0.2, 0.25) is 0 Å². The molecule has 2 aromatic rings. The summed E-state index contributed by atoms with van der Waals surface area (Å²) in [6.45, 7) is 0. The van der Waals surface area contributed by atoms with Gasteiger partial charge >= 0.3 is 0 Å². The van der Waals surface area contributed by atoms with Gasteiger partial charge in [0.05, 0.1) is 12.7 Å². The zero-order chi connectivity index (χ0) is 16.1. The Morgan fingerprint density at radius 2 is 1.96 bits per heavy atom. The van der Waals surface area contributed by atoms with E-state index < -0.39 is 0 Å². The lowest BCUT2D eigenvalue weighted by molar-refractivity contribution is 0.102. The molecule has 0 saturated heterocycles. The van der Waals surface area contributed by atoms with Crippen molar-refractivity contribution < 1.29 is 9.53 Å². The molecule has 122 valence electrons. The van der Waals surface area contributed by atoms with E-state index in [4.69, 9.17) is 4.74 Å². The highest BCUT2D eigenvalue weighted by atomic mass is 16.5. The SMILES string of the molecule is COc1ccccc1C(=O)Nc1cc(C2CCCCCC2)[nH]n1. The fourth-order valence-corrected chi connectivity index (χ4v) is 3.22. The van der Waals surface area contributed by atoms with Gasteiger partial charge in [-0.25, -0.2) is 0 Å². The zero-order valence-electron chi connectivity index (χ0n) is 13.5. The Bertz CT molecular complexity index is 658. The van der Waals surface area contributed by atoms with Crippen molar-refractivity contribution in [3.8, 4) is 5.75 Å². The van der Waals surface area contributed by atoms with Crippen LogP contribution < -0.4 is 10.1 Å². The fourth-order valence-electron chi connectivity index (χ4n) is 3.22.